The van der Waals surface area contributed by atoms with Crippen LogP contribution < -0.4 is 0 Å². The Bertz CT molecular complexity index is 1270. The maximum atomic E-state index is 6.30. The van der Waals surface area contributed by atoms with E-state index in [-0.39, 0.29) is 0 Å². The Morgan fingerprint density at radius 3 is 2.62 bits per heavy atom. The SMILES string of the molecule is C=Nc1c(Cl)ccc(Cl)c1/N=C(\C)CCc1nc2c3cccnc3ccc2n1C. The highest BCUT2D eigenvalue weighted by Gasteiger charge is 2.13. The predicted molar refractivity (Wildman–Crippen MR) is 123 cm³/mol. The van der Waals surface area contributed by atoms with E-state index in [1.165, 1.54) is 0 Å². The van der Waals surface area contributed by atoms with Gasteiger partial charge in [-0.05, 0) is 56.5 Å². The predicted octanol–water partition coefficient (Wildman–Crippen LogP) is 6.49. The van der Waals surface area contributed by atoms with Crippen LogP contribution in [0, 0.1) is 0 Å². The first-order chi connectivity index (χ1) is 14.0. The van der Waals surface area contributed by atoms with Crippen molar-refractivity contribution in [1.82, 2.24) is 14.5 Å². The summed E-state index contributed by atoms with van der Waals surface area (Å²) in [7, 11) is 2.03. The molecule has 0 fully saturated rings. The fraction of sp³-hybridized carbons (Fsp3) is 0.182. The molecule has 7 heteroatoms. The van der Waals surface area contributed by atoms with Gasteiger partial charge in [0.15, 0.2) is 0 Å². The highest BCUT2D eigenvalue weighted by atomic mass is 35.5. The second-order valence-electron chi connectivity index (χ2n) is 6.82. The van der Waals surface area contributed by atoms with Crippen molar-refractivity contribution in [3.8, 4) is 0 Å². The summed E-state index contributed by atoms with van der Waals surface area (Å²) in [5.74, 6) is 0.991. The van der Waals surface area contributed by atoms with Gasteiger partial charge in [-0.2, -0.15) is 0 Å². The summed E-state index contributed by atoms with van der Waals surface area (Å²) in [6, 6.07) is 11.5. The zero-order valence-electron chi connectivity index (χ0n) is 16.2. The lowest BCUT2D eigenvalue weighted by atomic mass is 10.2. The molecule has 0 saturated carbocycles. The molecule has 0 amide bonds. The molecular formula is C22H19Cl2N5. The maximum Gasteiger partial charge on any atom is 0.110 e. The van der Waals surface area contributed by atoms with E-state index in [9.17, 15) is 0 Å². The lowest BCUT2D eigenvalue weighted by Gasteiger charge is -2.07. The number of nitrogens with zero attached hydrogens (tertiary/aromatic N) is 5. The van der Waals surface area contributed by atoms with E-state index in [0.717, 1.165) is 46.3 Å². The van der Waals surface area contributed by atoms with Crippen LogP contribution in [0.3, 0.4) is 0 Å². The van der Waals surface area contributed by atoms with Crippen molar-refractivity contribution in [3.05, 3.63) is 58.5 Å². The van der Waals surface area contributed by atoms with Gasteiger partial charge in [0.1, 0.15) is 17.2 Å². The van der Waals surface area contributed by atoms with Crippen LogP contribution in [-0.2, 0) is 13.5 Å². The highest BCUT2D eigenvalue weighted by Crippen LogP contribution is 2.40. The third-order valence-electron chi connectivity index (χ3n) is 4.95. The number of pyridine rings is 1. The van der Waals surface area contributed by atoms with Gasteiger partial charge in [-0.1, -0.05) is 23.2 Å². The van der Waals surface area contributed by atoms with Gasteiger partial charge in [0.2, 0.25) is 0 Å². The van der Waals surface area contributed by atoms with Gasteiger partial charge in [0.05, 0.1) is 26.6 Å². The Morgan fingerprint density at radius 1 is 1.10 bits per heavy atom. The van der Waals surface area contributed by atoms with E-state index in [1.807, 2.05) is 26.1 Å². The Morgan fingerprint density at radius 2 is 1.86 bits per heavy atom. The molecule has 0 aliphatic heterocycles. The maximum absolute atomic E-state index is 6.30. The number of aliphatic imine (C=N–C) groups is 2. The highest BCUT2D eigenvalue weighted by molar-refractivity contribution is 6.37. The van der Waals surface area contributed by atoms with Crippen LogP contribution in [0.4, 0.5) is 11.4 Å². The Hall–Kier alpha value is -2.76. The molecule has 0 spiro atoms. The van der Waals surface area contributed by atoms with Crippen molar-refractivity contribution in [1.29, 1.82) is 0 Å². The Balaban J connectivity index is 1.64. The third kappa shape index (κ3) is 3.63. The Kier molecular flexibility index (Phi) is 5.35. The molecule has 2 aromatic carbocycles. The van der Waals surface area contributed by atoms with Crippen LogP contribution in [0.5, 0.6) is 0 Å². The van der Waals surface area contributed by atoms with Crippen molar-refractivity contribution in [3.63, 3.8) is 0 Å². The minimum Gasteiger partial charge on any atom is -0.331 e. The summed E-state index contributed by atoms with van der Waals surface area (Å²) >= 11 is 12.5. The van der Waals surface area contributed by atoms with Crippen LogP contribution in [0.1, 0.15) is 19.2 Å². The first-order valence-electron chi connectivity index (χ1n) is 9.17. The molecule has 0 saturated heterocycles. The quantitative estimate of drug-likeness (QED) is 0.344. The monoisotopic (exact) mass is 423 g/mol. The summed E-state index contributed by atoms with van der Waals surface area (Å²) in [5.41, 5.74) is 4.97. The van der Waals surface area contributed by atoms with E-state index in [0.29, 0.717) is 21.4 Å². The number of fused-ring (bicyclic) bond motifs is 3. The fourth-order valence-corrected chi connectivity index (χ4v) is 3.81. The van der Waals surface area contributed by atoms with E-state index >= 15 is 0 Å². The number of aryl methyl sites for hydroxylation is 2. The van der Waals surface area contributed by atoms with Crippen molar-refractivity contribution >= 4 is 68.9 Å². The van der Waals surface area contributed by atoms with E-state index < -0.39 is 0 Å². The number of aromatic nitrogens is 3. The van der Waals surface area contributed by atoms with Crippen LogP contribution in [0.25, 0.3) is 21.9 Å². The molecule has 146 valence electrons. The summed E-state index contributed by atoms with van der Waals surface area (Å²) in [4.78, 5) is 17.9. The van der Waals surface area contributed by atoms with Crippen molar-refractivity contribution in [2.75, 3.05) is 0 Å². The second kappa shape index (κ2) is 7.93. The lowest BCUT2D eigenvalue weighted by molar-refractivity contribution is 0.807. The molecule has 0 aliphatic carbocycles. The third-order valence-corrected chi connectivity index (χ3v) is 5.56. The molecule has 0 radical (unpaired) electrons. The van der Waals surface area contributed by atoms with Crippen LogP contribution in [0.15, 0.2) is 52.6 Å². The number of rotatable bonds is 5. The molecule has 2 heterocycles. The van der Waals surface area contributed by atoms with Crippen LogP contribution in [-0.4, -0.2) is 27.0 Å². The van der Waals surface area contributed by atoms with Crippen molar-refractivity contribution in [2.45, 2.75) is 19.8 Å². The minimum absolute atomic E-state index is 0.479. The van der Waals surface area contributed by atoms with Gasteiger partial charge in [-0.3, -0.25) is 15.0 Å². The van der Waals surface area contributed by atoms with Gasteiger partial charge in [0.25, 0.3) is 0 Å². The smallest absolute Gasteiger partial charge is 0.110 e. The topological polar surface area (TPSA) is 55.4 Å². The van der Waals surface area contributed by atoms with E-state index in [2.05, 4.69) is 38.4 Å². The van der Waals surface area contributed by atoms with Crippen LogP contribution in [0.2, 0.25) is 10.0 Å². The molecule has 0 N–H and O–H groups in total. The zero-order valence-corrected chi connectivity index (χ0v) is 17.7. The van der Waals surface area contributed by atoms with Crippen molar-refractivity contribution in [2.24, 2.45) is 17.0 Å². The fourth-order valence-electron chi connectivity index (χ4n) is 3.41. The average molecular weight is 424 g/mol. The number of hydrogen-bond donors (Lipinski definition) is 0. The summed E-state index contributed by atoms with van der Waals surface area (Å²) in [6.07, 6.45) is 3.27. The van der Waals surface area contributed by atoms with Gasteiger partial charge in [0, 0.05) is 30.8 Å². The second-order valence-corrected chi connectivity index (χ2v) is 7.64. The van der Waals surface area contributed by atoms with Gasteiger partial charge in [-0.15, -0.1) is 0 Å². The number of benzene rings is 2. The average Bonchev–Trinajstić information content (AvgIpc) is 3.05. The zero-order chi connectivity index (χ0) is 20.5. The summed E-state index contributed by atoms with van der Waals surface area (Å²) in [5, 5.41) is 2.04. The number of hydrogen-bond acceptors (Lipinski definition) is 4. The van der Waals surface area contributed by atoms with Gasteiger partial charge < -0.3 is 4.57 Å². The first kappa shape index (κ1) is 19.6. The minimum atomic E-state index is 0.479. The summed E-state index contributed by atoms with van der Waals surface area (Å²) in [6.45, 7) is 5.54. The standard InChI is InChI=1S/C22H19Cl2N5/c1-13(27-22-16(24)8-7-15(23)21(22)25-2)6-11-19-28-20-14-5-4-12-26-17(14)9-10-18(20)29(19)3/h4-5,7-10,12H,2,6,11H2,1,3H3/b27-13+. The lowest BCUT2D eigenvalue weighted by Crippen LogP contribution is -2.02. The largest absolute Gasteiger partial charge is 0.331 e. The van der Waals surface area contributed by atoms with E-state index in [4.69, 9.17) is 28.2 Å². The Labute approximate surface area is 178 Å². The number of halogens is 2. The van der Waals surface area contributed by atoms with Gasteiger partial charge >= 0.3 is 0 Å². The van der Waals surface area contributed by atoms with Crippen LogP contribution >= 0.6 is 23.2 Å². The molecule has 0 bridgehead atoms. The molecule has 0 aliphatic rings. The molecule has 4 aromatic rings. The molecule has 2 aromatic heterocycles. The summed E-state index contributed by atoms with van der Waals surface area (Å²) < 4.78 is 2.12. The molecular weight excluding hydrogens is 405 g/mol. The molecule has 0 unspecified atom stereocenters. The molecule has 4 rings (SSSR count). The molecule has 29 heavy (non-hydrogen) atoms. The normalized spacial score (nSPS) is 12.1. The van der Waals surface area contributed by atoms with Gasteiger partial charge in [-0.25, -0.2) is 4.98 Å². The number of imidazole rings is 1. The molecule has 0 atom stereocenters. The first-order valence-corrected chi connectivity index (χ1v) is 9.93. The molecule has 5 nitrogen and oxygen atoms in total. The van der Waals surface area contributed by atoms with Crippen molar-refractivity contribution < 1.29 is 0 Å². The van der Waals surface area contributed by atoms with E-state index in [1.54, 1.807) is 18.3 Å².